The van der Waals surface area contributed by atoms with Crippen LogP contribution in [-0.4, -0.2) is 71.2 Å². The Morgan fingerprint density at radius 2 is 1.95 bits per heavy atom. The Morgan fingerprint density at radius 1 is 1.23 bits per heavy atom. The lowest BCUT2D eigenvalue weighted by molar-refractivity contribution is -0.139. The SMILES string of the molecule is O=C(C(c1ccccn1)N1CCNCC1)N1CCC(O)CC1. The molecule has 1 unspecified atom stereocenters. The second-order valence-corrected chi connectivity index (χ2v) is 6.00. The van der Waals surface area contributed by atoms with Gasteiger partial charge in [0.2, 0.25) is 5.91 Å². The number of nitrogens with one attached hydrogen (secondary N) is 1. The summed E-state index contributed by atoms with van der Waals surface area (Å²) in [6, 6.07) is 5.44. The fraction of sp³-hybridized carbons (Fsp3) is 0.625. The van der Waals surface area contributed by atoms with Gasteiger partial charge in [-0.3, -0.25) is 14.7 Å². The van der Waals surface area contributed by atoms with Crippen molar-refractivity contribution in [1.29, 1.82) is 0 Å². The highest BCUT2D eigenvalue weighted by Gasteiger charge is 2.34. The number of hydrogen-bond acceptors (Lipinski definition) is 5. The fourth-order valence-corrected chi connectivity index (χ4v) is 3.21. The van der Waals surface area contributed by atoms with Crippen molar-refractivity contribution in [3.8, 4) is 0 Å². The van der Waals surface area contributed by atoms with E-state index in [1.807, 2.05) is 23.1 Å². The first-order chi connectivity index (χ1) is 10.8. The molecule has 3 heterocycles. The van der Waals surface area contributed by atoms with Gasteiger partial charge in [-0.25, -0.2) is 0 Å². The number of pyridine rings is 1. The maximum absolute atomic E-state index is 13.0. The normalized spacial score (nSPS) is 22.5. The topological polar surface area (TPSA) is 68.7 Å². The summed E-state index contributed by atoms with van der Waals surface area (Å²) in [6.45, 7) is 4.77. The van der Waals surface area contributed by atoms with Crippen LogP contribution in [0.4, 0.5) is 0 Å². The van der Waals surface area contributed by atoms with Gasteiger partial charge in [0.1, 0.15) is 6.04 Å². The zero-order valence-corrected chi connectivity index (χ0v) is 12.8. The van der Waals surface area contributed by atoms with Crippen molar-refractivity contribution in [2.24, 2.45) is 0 Å². The van der Waals surface area contributed by atoms with E-state index >= 15 is 0 Å². The van der Waals surface area contributed by atoms with Crippen molar-refractivity contribution in [2.75, 3.05) is 39.3 Å². The largest absolute Gasteiger partial charge is 0.393 e. The summed E-state index contributed by atoms with van der Waals surface area (Å²) in [5.41, 5.74) is 0.820. The van der Waals surface area contributed by atoms with E-state index in [0.717, 1.165) is 31.9 Å². The minimum Gasteiger partial charge on any atom is -0.393 e. The van der Waals surface area contributed by atoms with Crippen LogP contribution in [-0.2, 0) is 4.79 Å². The van der Waals surface area contributed by atoms with Crippen LogP contribution in [0.5, 0.6) is 0 Å². The number of aromatic nitrogens is 1. The number of aliphatic hydroxyl groups is 1. The number of carbonyl (C=O) groups excluding carboxylic acids is 1. The second-order valence-electron chi connectivity index (χ2n) is 6.00. The van der Waals surface area contributed by atoms with Crippen LogP contribution in [0.25, 0.3) is 0 Å². The molecular weight excluding hydrogens is 280 g/mol. The molecule has 1 aromatic rings. The van der Waals surface area contributed by atoms with Crippen LogP contribution in [0.2, 0.25) is 0 Å². The predicted molar refractivity (Wildman–Crippen MR) is 83.2 cm³/mol. The molecule has 2 fully saturated rings. The highest BCUT2D eigenvalue weighted by molar-refractivity contribution is 5.83. The summed E-state index contributed by atoms with van der Waals surface area (Å²) in [4.78, 5) is 21.6. The molecule has 2 saturated heterocycles. The zero-order valence-electron chi connectivity index (χ0n) is 12.8. The summed E-state index contributed by atoms with van der Waals surface area (Å²) in [6.07, 6.45) is 2.82. The summed E-state index contributed by atoms with van der Waals surface area (Å²) >= 11 is 0. The van der Waals surface area contributed by atoms with Gasteiger partial charge in [0.15, 0.2) is 0 Å². The molecule has 0 aromatic carbocycles. The Hall–Kier alpha value is -1.50. The molecule has 0 bridgehead atoms. The van der Waals surface area contributed by atoms with Crippen LogP contribution in [0.3, 0.4) is 0 Å². The molecule has 1 amide bonds. The number of nitrogens with zero attached hydrogens (tertiary/aromatic N) is 3. The van der Waals surface area contributed by atoms with Crippen molar-refractivity contribution >= 4 is 5.91 Å². The number of likely N-dealkylation sites (tertiary alicyclic amines) is 1. The lowest BCUT2D eigenvalue weighted by Crippen LogP contribution is -2.52. The van der Waals surface area contributed by atoms with E-state index in [9.17, 15) is 9.90 Å². The van der Waals surface area contributed by atoms with Crippen molar-refractivity contribution in [2.45, 2.75) is 25.0 Å². The van der Waals surface area contributed by atoms with Gasteiger partial charge in [0.25, 0.3) is 0 Å². The molecule has 0 aliphatic carbocycles. The van der Waals surface area contributed by atoms with Crippen molar-refractivity contribution in [3.05, 3.63) is 30.1 Å². The number of rotatable bonds is 3. The summed E-state index contributed by atoms with van der Waals surface area (Å²) in [5, 5.41) is 13.0. The first-order valence-electron chi connectivity index (χ1n) is 8.08. The molecule has 3 rings (SSSR count). The molecule has 2 N–H and O–H groups in total. The molecule has 6 nitrogen and oxygen atoms in total. The lowest BCUT2D eigenvalue weighted by atomic mass is 10.0. The maximum atomic E-state index is 13.0. The Kier molecular flexibility index (Phi) is 5.02. The van der Waals surface area contributed by atoms with Gasteiger partial charge in [0.05, 0.1) is 11.8 Å². The van der Waals surface area contributed by atoms with Crippen molar-refractivity contribution in [1.82, 2.24) is 20.1 Å². The first-order valence-corrected chi connectivity index (χ1v) is 8.08. The Morgan fingerprint density at radius 3 is 2.59 bits per heavy atom. The lowest BCUT2D eigenvalue weighted by Gasteiger charge is -2.38. The summed E-state index contributed by atoms with van der Waals surface area (Å²) in [7, 11) is 0. The third-order valence-electron chi connectivity index (χ3n) is 4.49. The third kappa shape index (κ3) is 3.45. The van der Waals surface area contributed by atoms with Crippen molar-refractivity contribution in [3.63, 3.8) is 0 Å². The van der Waals surface area contributed by atoms with E-state index in [-0.39, 0.29) is 18.1 Å². The zero-order chi connectivity index (χ0) is 15.4. The van der Waals surface area contributed by atoms with E-state index in [1.54, 1.807) is 6.20 Å². The number of hydrogen-bond donors (Lipinski definition) is 2. The third-order valence-corrected chi connectivity index (χ3v) is 4.49. The smallest absolute Gasteiger partial charge is 0.246 e. The van der Waals surface area contributed by atoms with Gasteiger partial charge in [-0.1, -0.05) is 6.07 Å². The predicted octanol–water partition coefficient (Wildman–Crippen LogP) is 0.0112. The molecule has 1 aromatic heterocycles. The number of piperazine rings is 1. The van der Waals surface area contributed by atoms with Crippen LogP contribution in [0.1, 0.15) is 24.6 Å². The monoisotopic (exact) mass is 304 g/mol. The number of piperidine rings is 1. The highest BCUT2D eigenvalue weighted by atomic mass is 16.3. The quantitative estimate of drug-likeness (QED) is 0.823. The molecule has 1 atom stereocenters. The van der Waals surface area contributed by atoms with Gasteiger partial charge in [-0.05, 0) is 25.0 Å². The van der Waals surface area contributed by atoms with Gasteiger partial charge < -0.3 is 15.3 Å². The highest BCUT2D eigenvalue weighted by Crippen LogP contribution is 2.24. The average Bonchev–Trinajstić information content (AvgIpc) is 2.57. The second kappa shape index (κ2) is 7.17. The fourth-order valence-electron chi connectivity index (χ4n) is 3.21. The number of aliphatic hydroxyl groups excluding tert-OH is 1. The molecule has 0 saturated carbocycles. The maximum Gasteiger partial charge on any atom is 0.246 e. The van der Waals surface area contributed by atoms with Gasteiger partial charge in [0, 0.05) is 45.5 Å². The van der Waals surface area contributed by atoms with Crippen LogP contribution < -0.4 is 5.32 Å². The molecule has 0 radical (unpaired) electrons. The van der Waals surface area contributed by atoms with Gasteiger partial charge in [-0.15, -0.1) is 0 Å². The Labute approximate surface area is 131 Å². The first kappa shape index (κ1) is 15.4. The Bertz CT molecular complexity index is 482. The van der Waals surface area contributed by atoms with Gasteiger partial charge in [-0.2, -0.15) is 0 Å². The number of amides is 1. The van der Waals surface area contributed by atoms with E-state index in [2.05, 4.69) is 15.2 Å². The molecule has 2 aliphatic rings. The minimum absolute atomic E-state index is 0.118. The van der Waals surface area contributed by atoms with E-state index in [0.29, 0.717) is 25.9 Å². The molecule has 120 valence electrons. The van der Waals surface area contributed by atoms with Crippen molar-refractivity contribution < 1.29 is 9.90 Å². The summed E-state index contributed by atoms with van der Waals surface area (Å²) < 4.78 is 0. The molecular formula is C16H24N4O2. The van der Waals surface area contributed by atoms with Crippen LogP contribution >= 0.6 is 0 Å². The molecule has 22 heavy (non-hydrogen) atoms. The summed E-state index contributed by atoms with van der Waals surface area (Å²) in [5.74, 6) is 0.118. The van der Waals surface area contributed by atoms with E-state index in [1.165, 1.54) is 0 Å². The Balaban J connectivity index is 1.79. The molecule has 2 aliphatic heterocycles. The number of carbonyl (C=O) groups is 1. The van der Waals surface area contributed by atoms with Crippen LogP contribution in [0.15, 0.2) is 24.4 Å². The average molecular weight is 304 g/mol. The standard InChI is InChI=1S/C16H24N4O2/c21-13-4-9-20(10-5-13)16(22)15(14-3-1-2-6-18-14)19-11-7-17-8-12-19/h1-3,6,13,15,17,21H,4-5,7-12H2. The van der Waals surface area contributed by atoms with E-state index < -0.39 is 0 Å². The van der Waals surface area contributed by atoms with E-state index in [4.69, 9.17) is 0 Å². The minimum atomic E-state index is -0.307. The molecule has 0 spiro atoms. The van der Waals surface area contributed by atoms with Gasteiger partial charge >= 0.3 is 0 Å². The molecule has 6 heteroatoms. The van der Waals surface area contributed by atoms with Crippen LogP contribution in [0, 0.1) is 0 Å².